The van der Waals surface area contributed by atoms with Gasteiger partial charge in [-0.2, -0.15) is 5.10 Å². The van der Waals surface area contributed by atoms with E-state index in [4.69, 9.17) is 0 Å². The van der Waals surface area contributed by atoms with Crippen molar-refractivity contribution in [3.63, 3.8) is 0 Å². The average molecular weight is 463 g/mol. The minimum atomic E-state index is 0.204. The van der Waals surface area contributed by atoms with Gasteiger partial charge in [-0.25, -0.2) is 14.6 Å². The highest BCUT2D eigenvalue weighted by molar-refractivity contribution is 7.17. The molecule has 1 unspecified atom stereocenters. The number of rotatable bonds is 9. The molecular formula is C25H30N6OS. The van der Waals surface area contributed by atoms with Crippen LogP contribution in [0.3, 0.4) is 0 Å². The summed E-state index contributed by atoms with van der Waals surface area (Å²) in [5, 5.41) is 6.58. The van der Waals surface area contributed by atoms with E-state index in [9.17, 15) is 4.79 Å². The zero-order chi connectivity index (χ0) is 22.8. The number of ketones is 1. The molecule has 1 atom stereocenters. The minimum Gasteiger partial charge on any atom is -0.361 e. The summed E-state index contributed by atoms with van der Waals surface area (Å²) in [6.07, 6.45) is 8.70. The van der Waals surface area contributed by atoms with Crippen molar-refractivity contribution in [1.29, 1.82) is 0 Å². The summed E-state index contributed by atoms with van der Waals surface area (Å²) in [4.78, 5) is 28.7. The number of unbranched alkanes of at least 4 members (excludes halogenated alkanes) is 1. The molecule has 0 radical (unpaired) electrons. The van der Waals surface area contributed by atoms with Gasteiger partial charge in [-0.15, -0.1) is 0 Å². The van der Waals surface area contributed by atoms with Gasteiger partial charge in [0.25, 0.3) is 0 Å². The van der Waals surface area contributed by atoms with Crippen molar-refractivity contribution < 1.29 is 4.79 Å². The minimum absolute atomic E-state index is 0.204. The van der Waals surface area contributed by atoms with Gasteiger partial charge in [0.2, 0.25) is 0 Å². The Morgan fingerprint density at radius 1 is 1.27 bits per heavy atom. The van der Waals surface area contributed by atoms with E-state index in [-0.39, 0.29) is 5.78 Å². The van der Waals surface area contributed by atoms with E-state index in [2.05, 4.69) is 62.3 Å². The topological polar surface area (TPSA) is 79.7 Å². The van der Waals surface area contributed by atoms with Crippen molar-refractivity contribution in [1.82, 2.24) is 24.7 Å². The van der Waals surface area contributed by atoms with Gasteiger partial charge in [0.05, 0.1) is 24.2 Å². The quantitative estimate of drug-likeness (QED) is 0.347. The van der Waals surface area contributed by atoms with Crippen molar-refractivity contribution >= 4 is 33.2 Å². The normalized spacial score (nSPS) is 14.5. The molecule has 33 heavy (non-hydrogen) atoms. The van der Waals surface area contributed by atoms with Crippen LogP contribution in [0.1, 0.15) is 59.5 Å². The smallest absolute Gasteiger partial charge is 0.186 e. The maximum Gasteiger partial charge on any atom is 0.186 e. The molecule has 3 aromatic heterocycles. The number of nitrogens with one attached hydrogen (secondary N) is 1. The number of aryl methyl sites for hydroxylation is 1. The summed E-state index contributed by atoms with van der Waals surface area (Å²) in [6, 6.07) is 8.40. The number of aromatic nitrogens is 5. The number of fused-ring (bicyclic) bond motifs is 2. The zero-order valence-corrected chi connectivity index (χ0v) is 20.1. The maximum atomic E-state index is 13.2. The summed E-state index contributed by atoms with van der Waals surface area (Å²) < 4.78 is 1.97. The van der Waals surface area contributed by atoms with Crippen LogP contribution in [-0.2, 0) is 19.5 Å². The largest absolute Gasteiger partial charge is 0.361 e. The van der Waals surface area contributed by atoms with E-state index < -0.39 is 0 Å². The van der Waals surface area contributed by atoms with Crippen molar-refractivity contribution in [2.24, 2.45) is 5.92 Å². The van der Waals surface area contributed by atoms with Crippen LogP contribution < -0.4 is 4.90 Å². The van der Waals surface area contributed by atoms with Crippen LogP contribution in [0.2, 0.25) is 0 Å². The highest BCUT2D eigenvalue weighted by Crippen LogP contribution is 2.30. The Hall–Kier alpha value is -3.00. The fourth-order valence-electron chi connectivity index (χ4n) is 4.71. The summed E-state index contributed by atoms with van der Waals surface area (Å²) in [6.45, 7) is 6.43. The number of aromatic amines is 1. The van der Waals surface area contributed by atoms with E-state index in [1.165, 1.54) is 22.3 Å². The Balaban J connectivity index is 1.27. The third-order valence-electron chi connectivity index (χ3n) is 6.43. The highest BCUT2D eigenvalue weighted by Gasteiger charge is 2.24. The van der Waals surface area contributed by atoms with Crippen LogP contribution in [0.4, 0.5) is 5.13 Å². The van der Waals surface area contributed by atoms with Gasteiger partial charge < -0.3 is 9.88 Å². The number of hydrogen-bond acceptors (Lipinski definition) is 6. The lowest BCUT2D eigenvalue weighted by Gasteiger charge is -2.25. The molecule has 0 aliphatic carbocycles. The standard InChI is InChI=1S/C25H30N6OS/c1-3-4-7-18(12-19-14-26-21-9-6-5-8-20(19)21)13-22(32)23-15-27-25(33-23)30-10-11-31-24(16-30)28-17(2)29-31/h5-6,8-9,14-15,18,26H,3-4,7,10-13,16H2,1-2H3. The van der Waals surface area contributed by atoms with Gasteiger partial charge in [0.15, 0.2) is 10.9 Å². The average Bonchev–Trinajstić information content (AvgIpc) is 3.55. The van der Waals surface area contributed by atoms with Crippen LogP contribution >= 0.6 is 11.3 Å². The molecule has 0 amide bonds. The maximum absolute atomic E-state index is 13.2. The number of thiazole rings is 1. The molecule has 1 aliphatic heterocycles. The number of carbonyl (C=O) groups excluding carboxylic acids is 1. The fraction of sp³-hybridized carbons (Fsp3) is 0.440. The molecule has 1 aliphatic rings. The molecule has 0 spiro atoms. The predicted octanol–water partition coefficient (Wildman–Crippen LogP) is 5.17. The number of carbonyl (C=O) groups is 1. The third kappa shape index (κ3) is 4.71. The molecule has 7 nitrogen and oxygen atoms in total. The molecule has 1 N–H and O–H groups in total. The molecule has 172 valence electrons. The lowest BCUT2D eigenvalue weighted by molar-refractivity contribution is 0.0962. The van der Waals surface area contributed by atoms with Crippen LogP contribution in [0.15, 0.2) is 36.7 Å². The number of nitrogens with zero attached hydrogens (tertiary/aromatic N) is 5. The number of para-hydroxylation sites is 1. The molecule has 8 heteroatoms. The summed E-state index contributed by atoms with van der Waals surface area (Å²) in [5.41, 5.74) is 2.46. The molecule has 0 bridgehead atoms. The highest BCUT2D eigenvalue weighted by atomic mass is 32.1. The zero-order valence-electron chi connectivity index (χ0n) is 19.3. The van der Waals surface area contributed by atoms with Crippen molar-refractivity contribution in [3.05, 3.63) is 58.7 Å². The van der Waals surface area contributed by atoms with Crippen LogP contribution in [0, 0.1) is 12.8 Å². The second kappa shape index (κ2) is 9.47. The van der Waals surface area contributed by atoms with E-state index in [1.54, 1.807) is 6.20 Å². The van der Waals surface area contributed by atoms with Gasteiger partial charge in [-0.1, -0.05) is 49.3 Å². The summed E-state index contributed by atoms with van der Waals surface area (Å²) in [5.74, 6) is 2.30. The monoisotopic (exact) mass is 462 g/mol. The number of benzene rings is 1. The predicted molar refractivity (Wildman–Crippen MR) is 132 cm³/mol. The van der Waals surface area contributed by atoms with E-state index >= 15 is 0 Å². The summed E-state index contributed by atoms with van der Waals surface area (Å²) in [7, 11) is 0. The molecule has 0 saturated heterocycles. The molecule has 4 heterocycles. The molecule has 0 saturated carbocycles. The van der Waals surface area contributed by atoms with Crippen LogP contribution in [0.25, 0.3) is 10.9 Å². The second-order valence-electron chi connectivity index (χ2n) is 8.93. The van der Waals surface area contributed by atoms with E-state index in [1.807, 2.05) is 11.6 Å². The summed E-state index contributed by atoms with van der Waals surface area (Å²) >= 11 is 1.51. The van der Waals surface area contributed by atoms with E-state index in [0.29, 0.717) is 18.9 Å². The number of H-pyrrole nitrogens is 1. The third-order valence-corrected chi connectivity index (χ3v) is 7.53. The van der Waals surface area contributed by atoms with Crippen LogP contribution in [-0.4, -0.2) is 37.1 Å². The molecule has 4 aromatic rings. The van der Waals surface area contributed by atoms with Gasteiger partial charge in [-0.05, 0) is 37.3 Å². The Labute approximate surface area is 197 Å². The van der Waals surface area contributed by atoms with Gasteiger partial charge in [0.1, 0.15) is 11.6 Å². The molecule has 1 aromatic carbocycles. The van der Waals surface area contributed by atoms with Gasteiger partial charge in [-0.3, -0.25) is 4.79 Å². The Morgan fingerprint density at radius 3 is 3.03 bits per heavy atom. The first-order valence-corrected chi connectivity index (χ1v) is 12.6. The molecule has 5 rings (SSSR count). The lowest BCUT2D eigenvalue weighted by atomic mass is 9.89. The first-order chi connectivity index (χ1) is 16.1. The Morgan fingerprint density at radius 2 is 2.15 bits per heavy atom. The molecule has 0 fully saturated rings. The first-order valence-electron chi connectivity index (χ1n) is 11.8. The number of anilines is 1. The number of hydrogen-bond donors (Lipinski definition) is 1. The van der Waals surface area contributed by atoms with Crippen LogP contribution in [0.5, 0.6) is 0 Å². The van der Waals surface area contributed by atoms with Crippen molar-refractivity contribution in [2.75, 3.05) is 11.4 Å². The first kappa shape index (κ1) is 21.8. The Bertz CT molecular complexity index is 1250. The van der Waals surface area contributed by atoms with Crippen molar-refractivity contribution in [3.8, 4) is 0 Å². The molecular weight excluding hydrogens is 432 g/mol. The van der Waals surface area contributed by atoms with Crippen molar-refractivity contribution in [2.45, 2.75) is 59.0 Å². The second-order valence-corrected chi connectivity index (χ2v) is 9.94. The number of Topliss-reactive ketones (excluding diaryl/α,β-unsaturated/α-hetero) is 1. The van der Waals surface area contributed by atoms with Gasteiger partial charge in [0, 0.05) is 30.1 Å². The van der Waals surface area contributed by atoms with Gasteiger partial charge >= 0.3 is 0 Å². The SMILES string of the molecule is CCCCC(CC(=O)c1cnc(N2CCn3nc(C)nc3C2)s1)Cc1c[nH]c2ccccc12. The lowest BCUT2D eigenvalue weighted by Crippen LogP contribution is -2.34. The Kier molecular flexibility index (Phi) is 6.26. The fourth-order valence-corrected chi connectivity index (χ4v) is 5.60. The van der Waals surface area contributed by atoms with E-state index in [0.717, 1.165) is 65.9 Å².